The first-order chi connectivity index (χ1) is 45.8. The molecule has 95 heavy (non-hydrogen) atoms. The molecule has 0 amide bonds. The van der Waals surface area contributed by atoms with Gasteiger partial charge in [0, 0.05) is 64.3 Å². The Balaban J connectivity index is 0.000000201. The van der Waals surface area contributed by atoms with Gasteiger partial charge in [-0.1, -0.05) is 145 Å². The summed E-state index contributed by atoms with van der Waals surface area (Å²) < 4.78 is 0. The molecule has 5 aromatic carbocycles. The first kappa shape index (κ1) is 83.1. The van der Waals surface area contributed by atoms with Crippen LogP contribution in [0.4, 0.5) is 0 Å². The fourth-order valence-electron chi connectivity index (χ4n) is 8.10. The van der Waals surface area contributed by atoms with Crippen LogP contribution in [0.5, 0.6) is 0 Å². The maximum atomic E-state index is 4.56. The third-order valence-electron chi connectivity index (χ3n) is 12.4. The van der Waals surface area contributed by atoms with Crippen LogP contribution in [0.1, 0.15) is 31.9 Å². The number of benzene rings is 5. The van der Waals surface area contributed by atoms with E-state index in [1.165, 1.54) is 71.2 Å². The smallest absolute Gasteiger partial charge is 0.196 e. The molecule has 9 aromatic rings. The van der Waals surface area contributed by atoms with Crippen LogP contribution in [-0.2, 0) is 5.41 Å². The summed E-state index contributed by atoms with van der Waals surface area (Å²) in [4.78, 5) is 68.7. The summed E-state index contributed by atoms with van der Waals surface area (Å²) in [6.45, 7) is 8.99. The molecule has 4 aromatic heterocycles. The fourth-order valence-corrected chi connectivity index (χ4v) is 21.2. The third-order valence-corrected chi connectivity index (χ3v) is 26.3. The van der Waals surface area contributed by atoms with Crippen molar-refractivity contribution in [2.75, 3.05) is 100 Å². The zero-order valence-electron chi connectivity index (χ0n) is 56.1. The van der Waals surface area contributed by atoms with Crippen molar-refractivity contribution in [2.24, 2.45) is 0 Å². The van der Waals surface area contributed by atoms with Gasteiger partial charge >= 0.3 is 0 Å². The standard InChI is InChI=1S/C19H19N3S5.C17H23N3S5.C14H17N3S5.C13H15N3S5/c1-23-14-10-13(27-19-21-17(25-3)20-18(22-19)26-4)11-15(24-2)16(14)12-8-6-5-7-9-12;1-17(2,3)13-11(21-4)8-10(9-12(13)22-5)25-16-19-14(23-6)18-15(20-16)24-7;1-8-10(18-2)6-9(7-11(8)19-3)22-14-16-12(20-4)15-13(17-14)21-5;1-17-8-5-9(18-2)7-10(6-8)21-13-15-11(19-3)14-12(16-13)20-4/h5-11H,1-4H3;8-9H,1-7H3;6-7H,1-5H3;5-7H,1-4H3. The first-order valence-corrected chi connectivity index (χ1v) is 50.8. The molecule has 0 atom stereocenters. The summed E-state index contributed by atoms with van der Waals surface area (Å²) in [5.74, 6) is 0. The summed E-state index contributed by atoms with van der Waals surface area (Å²) in [6, 6.07) is 30.5. The predicted octanol–water partition coefficient (Wildman–Crippen LogP) is 22.9. The Morgan fingerprint density at radius 1 is 0.242 bits per heavy atom. The number of aromatic nitrogens is 12. The van der Waals surface area contributed by atoms with Crippen LogP contribution in [0.2, 0.25) is 0 Å². The van der Waals surface area contributed by atoms with Gasteiger partial charge in [-0.25, -0.2) is 0 Å². The predicted molar refractivity (Wildman–Crippen MR) is 439 cm³/mol. The maximum Gasteiger partial charge on any atom is 0.197 e. The average molecular weight is 1640 g/mol. The van der Waals surface area contributed by atoms with Gasteiger partial charge < -0.3 is 0 Å². The van der Waals surface area contributed by atoms with E-state index in [2.05, 4.69) is 222 Å². The highest BCUT2D eigenvalue weighted by Crippen LogP contribution is 2.45. The molecule has 0 saturated heterocycles. The van der Waals surface area contributed by atoms with E-state index >= 15 is 0 Å². The molecule has 0 radical (unpaired) electrons. The Bertz CT molecular complexity index is 3710. The van der Waals surface area contributed by atoms with Crippen LogP contribution in [0.15, 0.2) is 206 Å². The normalized spacial score (nSPS) is 11.2. The van der Waals surface area contributed by atoms with Crippen LogP contribution < -0.4 is 0 Å². The van der Waals surface area contributed by atoms with Gasteiger partial charge in [0.1, 0.15) is 0 Å². The molecule has 506 valence electrons. The molecule has 0 N–H and O–H groups in total. The Morgan fingerprint density at radius 2 is 0.474 bits per heavy atom. The lowest BCUT2D eigenvalue weighted by Gasteiger charge is -2.26. The summed E-state index contributed by atoms with van der Waals surface area (Å²) in [6.07, 6.45) is 32.8. The van der Waals surface area contributed by atoms with Crippen molar-refractivity contribution in [2.45, 2.75) is 154 Å². The van der Waals surface area contributed by atoms with E-state index in [9.17, 15) is 0 Å². The monoisotopic (exact) mass is 1640 g/mol. The molecule has 0 unspecified atom stereocenters. The van der Waals surface area contributed by atoms with E-state index in [0.29, 0.717) is 0 Å². The highest BCUT2D eigenvalue weighted by Gasteiger charge is 2.24. The van der Waals surface area contributed by atoms with Crippen molar-refractivity contribution in [3.63, 3.8) is 0 Å². The quantitative estimate of drug-likeness (QED) is 0.0498. The Labute approximate surface area is 648 Å². The van der Waals surface area contributed by atoms with Gasteiger partial charge in [0.2, 0.25) is 0 Å². The molecule has 0 aliphatic rings. The molecule has 0 fully saturated rings. The van der Waals surface area contributed by atoms with E-state index in [1.54, 1.807) is 235 Å². The van der Waals surface area contributed by atoms with Crippen molar-refractivity contribution in [3.8, 4) is 11.1 Å². The Hall–Kier alpha value is -0.860. The minimum Gasteiger partial charge on any atom is -0.196 e. The van der Waals surface area contributed by atoms with Gasteiger partial charge in [0.25, 0.3) is 0 Å². The molecular weight excluding hydrogens is 1570 g/mol. The second kappa shape index (κ2) is 43.3. The van der Waals surface area contributed by atoms with E-state index < -0.39 is 0 Å². The highest BCUT2D eigenvalue weighted by molar-refractivity contribution is 8.03. The molecule has 12 nitrogen and oxygen atoms in total. The number of thioether (sulfide) groups is 16. The second-order valence-corrected chi connectivity index (χ2v) is 36.5. The van der Waals surface area contributed by atoms with Crippen molar-refractivity contribution in [3.05, 3.63) is 96.1 Å². The minimum atomic E-state index is 0.116. The summed E-state index contributed by atoms with van der Waals surface area (Å²) in [5, 5.41) is 9.12. The van der Waals surface area contributed by atoms with Crippen molar-refractivity contribution in [1.29, 1.82) is 0 Å². The molecule has 0 spiro atoms. The molecule has 0 saturated carbocycles. The van der Waals surface area contributed by atoms with Crippen molar-refractivity contribution in [1.82, 2.24) is 59.8 Å². The highest BCUT2D eigenvalue weighted by atomic mass is 32.2. The lowest BCUT2D eigenvalue weighted by Crippen LogP contribution is -2.14. The van der Waals surface area contributed by atoms with Gasteiger partial charge in [-0.15, -0.1) is 94.1 Å². The van der Waals surface area contributed by atoms with Gasteiger partial charge in [0.05, 0.1) is 0 Å². The van der Waals surface area contributed by atoms with Gasteiger partial charge in [-0.05, 0) is 231 Å². The van der Waals surface area contributed by atoms with Gasteiger partial charge in [0.15, 0.2) is 61.9 Å². The average Bonchev–Trinajstić information content (AvgIpc) is 0.855. The Kier molecular flexibility index (Phi) is 37.9. The van der Waals surface area contributed by atoms with Crippen LogP contribution in [-0.4, -0.2) is 160 Å². The number of rotatable bonds is 25. The van der Waals surface area contributed by atoms with Crippen molar-refractivity contribution >= 4 is 235 Å². The fraction of sp³-hybridized carbons (Fsp3) is 0.333. The zero-order valence-corrected chi connectivity index (χ0v) is 72.4. The van der Waals surface area contributed by atoms with E-state index in [-0.39, 0.29) is 5.41 Å². The SMILES string of the molecule is CSc1cc(SC)cc(Sc2nc(SC)nc(SC)n2)c1.CSc1nc(SC)nc(Sc2cc(SC)c(-c3ccccc3)c(SC)c2)n1.CSc1nc(SC)nc(Sc2cc(SC)c(C(C)(C)C)c(SC)c2)n1.CSc1nc(SC)nc(Sc2cc(SC)c(C)c(SC)c2)n1. The summed E-state index contributed by atoms with van der Waals surface area (Å²) in [5.41, 5.74) is 5.42. The van der Waals surface area contributed by atoms with Gasteiger partial charge in [-0.2, -0.15) is 59.8 Å². The lowest BCUT2D eigenvalue weighted by atomic mass is 9.87. The van der Waals surface area contributed by atoms with Crippen LogP contribution >= 0.6 is 235 Å². The number of nitrogens with zero attached hydrogens (tertiary/aromatic N) is 12. The first-order valence-electron chi connectivity index (χ1n) is 27.9. The second-order valence-electron chi connectivity index (χ2n) is 19.3. The molecule has 0 aliphatic carbocycles. The van der Waals surface area contributed by atoms with Gasteiger partial charge in [-0.3, -0.25) is 0 Å². The summed E-state index contributed by atoms with van der Waals surface area (Å²) in [7, 11) is 0. The van der Waals surface area contributed by atoms with Crippen LogP contribution in [0.25, 0.3) is 11.1 Å². The largest absolute Gasteiger partial charge is 0.197 e. The van der Waals surface area contributed by atoms with Crippen LogP contribution in [0, 0.1) is 6.92 Å². The van der Waals surface area contributed by atoms with E-state index in [0.717, 1.165) is 71.7 Å². The van der Waals surface area contributed by atoms with Crippen molar-refractivity contribution < 1.29 is 0 Å². The molecule has 9 rings (SSSR count). The molecular formula is C63H74N12S20. The molecule has 0 bridgehead atoms. The number of hydrogen-bond donors (Lipinski definition) is 0. The maximum absolute atomic E-state index is 4.56. The topological polar surface area (TPSA) is 155 Å². The summed E-state index contributed by atoms with van der Waals surface area (Å²) >= 11 is 32.9. The minimum absolute atomic E-state index is 0.116. The zero-order chi connectivity index (χ0) is 69.2. The number of hydrogen-bond acceptors (Lipinski definition) is 32. The lowest BCUT2D eigenvalue weighted by molar-refractivity contribution is 0.563. The van der Waals surface area contributed by atoms with Crippen LogP contribution in [0.3, 0.4) is 0 Å². The Morgan fingerprint density at radius 3 is 0.716 bits per heavy atom. The van der Waals surface area contributed by atoms with E-state index in [4.69, 9.17) is 0 Å². The molecule has 32 heteroatoms. The third kappa shape index (κ3) is 25.8. The van der Waals surface area contributed by atoms with E-state index in [1.807, 2.05) is 50.0 Å². The molecule has 0 aliphatic heterocycles. The molecule has 4 heterocycles.